The van der Waals surface area contributed by atoms with Gasteiger partial charge in [-0.25, -0.2) is 0 Å². The zero-order chi connectivity index (χ0) is 15.9. The third-order valence-corrected chi connectivity index (χ3v) is 3.42. The molecular formula is C18H21NO3. The molecule has 0 saturated heterocycles. The average Bonchev–Trinajstić information content (AvgIpc) is 2.52. The summed E-state index contributed by atoms with van der Waals surface area (Å²) < 4.78 is 10.9. The van der Waals surface area contributed by atoms with E-state index >= 15 is 0 Å². The first-order valence-corrected chi connectivity index (χ1v) is 7.19. The van der Waals surface area contributed by atoms with Crippen LogP contribution >= 0.6 is 0 Å². The standard InChI is InChI=1S/C18H21NO3/c1-13-7-6-8-14(2)18(13)22-12-17(20)19-11-15-9-4-5-10-16(15)21-3/h4-10H,11-12H2,1-3H3,(H,19,20). The Hall–Kier alpha value is -2.49. The van der Waals surface area contributed by atoms with Gasteiger partial charge in [-0.05, 0) is 31.0 Å². The van der Waals surface area contributed by atoms with E-state index in [9.17, 15) is 4.79 Å². The number of methoxy groups -OCH3 is 1. The summed E-state index contributed by atoms with van der Waals surface area (Å²) >= 11 is 0. The highest BCUT2D eigenvalue weighted by molar-refractivity contribution is 5.77. The van der Waals surface area contributed by atoms with Crippen LogP contribution in [-0.4, -0.2) is 19.6 Å². The Morgan fingerprint density at radius 3 is 2.41 bits per heavy atom. The summed E-state index contributed by atoms with van der Waals surface area (Å²) in [5.74, 6) is 1.38. The molecule has 0 bridgehead atoms. The van der Waals surface area contributed by atoms with Crippen LogP contribution in [0.5, 0.6) is 11.5 Å². The van der Waals surface area contributed by atoms with Crippen LogP contribution in [0.3, 0.4) is 0 Å². The Bertz CT molecular complexity index is 632. The first-order chi connectivity index (χ1) is 10.6. The summed E-state index contributed by atoms with van der Waals surface area (Å²) in [6, 6.07) is 13.5. The fraction of sp³-hybridized carbons (Fsp3) is 0.278. The van der Waals surface area contributed by atoms with E-state index in [1.807, 2.05) is 56.3 Å². The van der Waals surface area contributed by atoms with Crippen LogP contribution in [0.25, 0.3) is 0 Å². The summed E-state index contributed by atoms with van der Waals surface area (Å²) in [6.07, 6.45) is 0. The van der Waals surface area contributed by atoms with Gasteiger partial charge in [0.2, 0.25) is 0 Å². The number of para-hydroxylation sites is 2. The molecule has 116 valence electrons. The molecule has 0 unspecified atom stereocenters. The van der Waals surface area contributed by atoms with Crippen LogP contribution in [-0.2, 0) is 11.3 Å². The monoisotopic (exact) mass is 299 g/mol. The maximum Gasteiger partial charge on any atom is 0.258 e. The van der Waals surface area contributed by atoms with Gasteiger partial charge in [0.1, 0.15) is 11.5 Å². The second kappa shape index (κ2) is 7.50. The molecule has 2 aromatic carbocycles. The fourth-order valence-electron chi connectivity index (χ4n) is 2.26. The Balaban J connectivity index is 1.88. The lowest BCUT2D eigenvalue weighted by Gasteiger charge is -2.13. The zero-order valence-corrected chi connectivity index (χ0v) is 13.2. The zero-order valence-electron chi connectivity index (χ0n) is 13.2. The number of carbonyl (C=O) groups is 1. The quantitative estimate of drug-likeness (QED) is 0.892. The number of amides is 1. The molecule has 0 aliphatic rings. The highest BCUT2D eigenvalue weighted by Gasteiger charge is 2.08. The molecule has 0 heterocycles. The van der Waals surface area contributed by atoms with Crippen molar-refractivity contribution < 1.29 is 14.3 Å². The van der Waals surface area contributed by atoms with Gasteiger partial charge in [0.25, 0.3) is 5.91 Å². The fourth-order valence-corrected chi connectivity index (χ4v) is 2.26. The van der Waals surface area contributed by atoms with Crippen LogP contribution < -0.4 is 14.8 Å². The van der Waals surface area contributed by atoms with E-state index in [1.165, 1.54) is 0 Å². The molecule has 0 atom stereocenters. The lowest BCUT2D eigenvalue weighted by Crippen LogP contribution is -2.28. The summed E-state index contributed by atoms with van der Waals surface area (Å²) in [5, 5.41) is 2.84. The van der Waals surface area contributed by atoms with E-state index in [0.29, 0.717) is 6.54 Å². The van der Waals surface area contributed by atoms with Crippen molar-refractivity contribution in [3.05, 3.63) is 59.2 Å². The minimum atomic E-state index is -0.159. The molecule has 2 aromatic rings. The van der Waals surface area contributed by atoms with Crippen molar-refractivity contribution >= 4 is 5.91 Å². The van der Waals surface area contributed by atoms with E-state index in [1.54, 1.807) is 7.11 Å². The highest BCUT2D eigenvalue weighted by atomic mass is 16.5. The van der Waals surface area contributed by atoms with Crippen molar-refractivity contribution in [1.29, 1.82) is 0 Å². The summed E-state index contributed by atoms with van der Waals surface area (Å²) in [6.45, 7) is 4.35. The molecule has 0 fully saturated rings. The van der Waals surface area contributed by atoms with Gasteiger partial charge in [-0.3, -0.25) is 4.79 Å². The number of aryl methyl sites for hydroxylation is 2. The second-order valence-corrected chi connectivity index (χ2v) is 5.10. The van der Waals surface area contributed by atoms with Gasteiger partial charge in [-0.1, -0.05) is 36.4 Å². The van der Waals surface area contributed by atoms with Crippen molar-refractivity contribution in [3.8, 4) is 11.5 Å². The van der Waals surface area contributed by atoms with Crippen molar-refractivity contribution in [2.45, 2.75) is 20.4 Å². The van der Waals surface area contributed by atoms with Crippen LogP contribution in [0.1, 0.15) is 16.7 Å². The smallest absolute Gasteiger partial charge is 0.258 e. The van der Waals surface area contributed by atoms with Crippen molar-refractivity contribution in [2.24, 2.45) is 0 Å². The Morgan fingerprint density at radius 2 is 1.73 bits per heavy atom. The maximum atomic E-state index is 11.9. The normalized spacial score (nSPS) is 10.1. The average molecular weight is 299 g/mol. The van der Waals surface area contributed by atoms with E-state index in [-0.39, 0.29) is 12.5 Å². The first-order valence-electron chi connectivity index (χ1n) is 7.19. The lowest BCUT2D eigenvalue weighted by atomic mass is 10.1. The molecule has 1 N–H and O–H groups in total. The highest BCUT2D eigenvalue weighted by Crippen LogP contribution is 2.22. The summed E-state index contributed by atoms with van der Waals surface area (Å²) in [7, 11) is 1.62. The summed E-state index contributed by atoms with van der Waals surface area (Å²) in [5.41, 5.74) is 2.99. The predicted octanol–water partition coefficient (Wildman–Crippen LogP) is 3.01. The van der Waals surface area contributed by atoms with Crippen molar-refractivity contribution in [2.75, 3.05) is 13.7 Å². The number of benzene rings is 2. The minimum Gasteiger partial charge on any atom is -0.496 e. The topological polar surface area (TPSA) is 47.6 Å². The van der Waals surface area contributed by atoms with Gasteiger partial charge < -0.3 is 14.8 Å². The van der Waals surface area contributed by atoms with Crippen molar-refractivity contribution in [3.63, 3.8) is 0 Å². The number of hydrogen-bond donors (Lipinski definition) is 1. The van der Waals surface area contributed by atoms with Crippen molar-refractivity contribution in [1.82, 2.24) is 5.32 Å². The Morgan fingerprint density at radius 1 is 1.05 bits per heavy atom. The van der Waals surface area contributed by atoms with Gasteiger partial charge in [0, 0.05) is 12.1 Å². The largest absolute Gasteiger partial charge is 0.496 e. The predicted molar refractivity (Wildman–Crippen MR) is 86.3 cm³/mol. The molecule has 0 aliphatic heterocycles. The van der Waals surface area contributed by atoms with Crippen LogP contribution in [0.4, 0.5) is 0 Å². The Labute approximate surface area is 131 Å². The van der Waals surface area contributed by atoms with Gasteiger partial charge >= 0.3 is 0 Å². The number of hydrogen-bond acceptors (Lipinski definition) is 3. The van der Waals surface area contributed by atoms with E-state index < -0.39 is 0 Å². The number of ether oxygens (including phenoxy) is 2. The number of carbonyl (C=O) groups excluding carboxylic acids is 1. The number of rotatable bonds is 6. The lowest BCUT2D eigenvalue weighted by molar-refractivity contribution is -0.123. The van der Waals surface area contributed by atoms with Gasteiger partial charge in [-0.2, -0.15) is 0 Å². The molecule has 4 heteroatoms. The van der Waals surface area contributed by atoms with Crippen LogP contribution in [0.15, 0.2) is 42.5 Å². The molecular weight excluding hydrogens is 278 g/mol. The van der Waals surface area contributed by atoms with E-state index in [4.69, 9.17) is 9.47 Å². The summed E-state index contributed by atoms with van der Waals surface area (Å²) in [4.78, 5) is 11.9. The van der Waals surface area contributed by atoms with Crippen LogP contribution in [0, 0.1) is 13.8 Å². The molecule has 4 nitrogen and oxygen atoms in total. The van der Waals surface area contributed by atoms with E-state index in [0.717, 1.165) is 28.2 Å². The van der Waals surface area contributed by atoms with Gasteiger partial charge in [-0.15, -0.1) is 0 Å². The van der Waals surface area contributed by atoms with Crippen LogP contribution in [0.2, 0.25) is 0 Å². The van der Waals surface area contributed by atoms with E-state index in [2.05, 4.69) is 5.32 Å². The molecule has 1 amide bonds. The minimum absolute atomic E-state index is 0.000836. The molecule has 0 spiro atoms. The maximum absolute atomic E-state index is 11.9. The molecule has 22 heavy (non-hydrogen) atoms. The first kappa shape index (κ1) is 15.9. The second-order valence-electron chi connectivity index (χ2n) is 5.10. The third kappa shape index (κ3) is 4.01. The Kier molecular flexibility index (Phi) is 5.42. The molecule has 2 rings (SSSR count). The van der Waals surface area contributed by atoms with Gasteiger partial charge in [0.05, 0.1) is 7.11 Å². The SMILES string of the molecule is COc1ccccc1CNC(=O)COc1c(C)cccc1C. The molecule has 0 aliphatic carbocycles. The third-order valence-electron chi connectivity index (χ3n) is 3.42. The molecule has 0 aromatic heterocycles. The molecule has 0 saturated carbocycles. The number of nitrogens with one attached hydrogen (secondary N) is 1. The van der Waals surface area contributed by atoms with Gasteiger partial charge in [0.15, 0.2) is 6.61 Å². The molecule has 0 radical (unpaired) electrons.